The van der Waals surface area contributed by atoms with Crippen LogP contribution >= 0.6 is 22.9 Å². The predicted octanol–water partition coefficient (Wildman–Crippen LogP) is 3.38. The van der Waals surface area contributed by atoms with Crippen LogP contribution in [0.5, 0.6) is 0 Å². The molecule has 3 rings (SSSR count). The van der Waals surface area contributed by atoms with E-state index < -0.39 is 18.5 Å². The van der Waals surface area contributed by atoms with Crippen molar-refractivity contribution in [3.05, 3.63) is 45.3 Å². The molecule has 0 spiro atoms. The number of benzene rings is 1. The van der Waals surface area contributed by atoms with E-state index in [1.807, 2.05) is 24.4 Å². The van der Waals surface area contributed by atoms with E-state index in [-0.39, 0.29) is 0 Å². The summed E-state index contributed by atoms with van der Waals surface area (Å²) in [4.78, 5) is 28.5. The van der Waals surface area contributed by atoms with E-state index in [0.29, 0.717) is 15.7 Å². The number of nitrogens with one attached hydrogen (secondary N) is 1. The number of amides is 1. The maximum absolute atomic E-state index is 12.0. The average molecular weight is 388 g/mol. The number of ether oxygens (including phenoxy) is 1. The molecule has 1 amide bonds. The quantitative estimate of drug-likeness (QED) is 0.674. The Bertz CT molecular complexity index is 965. The molecule has 0 aliphatic rings. The molecule has 0 fully saturated rings. The van der Waals surface area contributed by atoms with Gasteiger partial charge in [-0.3, -0.25) is 10.1 Å². The molecule has 0 saturated heterocycles. The van der Waals surface area contributed by atoms with Crippen LogP contribution in [-0.4, -0.2) is 33.1 Å². The summed E-state index contributed by atoms with van der Waals surface area (Å²) < 4.78 is 8.64. The smallest absolute Gasteiger partial charge is 0.352 e. The van der Waals surface area contributed by atoms with E-state index in [1.165, 1.54) is 22.5 Å². The Morgan fingerprint density at radius 3 is 2.69 bits per heavy atom. The number of carbonyl (C=O) groups is 2. The molecule has 2 aromatic heterocycles. The van der Waals surface area contributed by atoms with Gasteiger partial charge >= 0.3 is 5.97 Å². The van der Waals surface area contributed by atoms with E-state index in [4.69, 9.17) is 4.74 Å². The van der Waals surface area contributed by atoms with Crippen LogP contribution in [-0.2, 0) is 9.53 Å². The number of aryl methyl sites for hydroxylation is 3. The van der Waals surface area contributed by atoms with Crippen LogP contribution in [0.15, 0.2) is 23.6 Å². The first-order valence-electron chi connectivity index (χ1n) is 7.73. The van der Waals surface area contributed by atoms with E-state index >= 15 is 0 Å². The van der Waals surface area contributed by atoms with Gasteiger partial charge in [-0.05, 0) is 49.5 Å². The van der Waals surface area contributed by atoms with Gasteiger partial charge in [0.2, 0.25) is 0 Å². The van der Waals surface area contributed by atoms with Gasteiger partial charge in [-0.25, -0.2) is 9.78 Å². The van der Waals surface area contributed by atoms with Gasteiger partial charge in [-0.15, -0.1) is 16.4 Å². The Kier molecular flexibility index (Phi) is 5.38. The van der Waals surface area contributed by atoms with Crippen molar-refractivity contribution < 1.29 is 14.3 Å². The van der Waals surface area contributed by atoms with Crippen molar-refractivity contribution in [2.24, 2.45) is 0 Å². The van der Waals surface area contributed by atoms with E-state index in [2.05, 4.69) is 32.9 Å². The SMILES string of the molecule is Cc1ccc(-c2csc(NC(=O)COC(=O)c3snnc3C)n2)cc1C. The fraction of sp³-hybridized carbons (Fsp3) is 0.235. The fourth-order valence-corrected chi connectivity index (χ4v) is 3.42. The van der Waals surface area contributed by atoms with E-state index in [0.717, 1.165) is 22.8 Å². The topological polar surface area (TPSA) is 94.1 Å². The summed E-state index contributed by atoms with van der Waals surface area (Å²) in [6.45, 7) is 5.36. The van der Waals surface area contributed by atoms with Crippen molar-refractivity contribution in [2.45, 2.75) is 20.8 Å². The number of hydrogen-bond acceptors (Lipinski definition) is 8. The summed E-state index contributed by atoms with van der Waals surface area (Å²) in [6, 6.07) is 6.09. The van der Waals surface area contributed by atoms with Crippen molar-refractivity contribution in [2.75, 3.05) is 11.9 Å². The normalized spacial score (nSPS) is 10.6. The van der Waals surface area contributed by atoms with Gasteiger partial charge in [0.1, 0.15) is 0 Å². The van der Waals surface area contributed by atoms with Crippen molar-refractivity contribution in [1.82, 2.24) is 14.6 Å². The number of thiazole rings is 1. The standard InChI is InChI=1S/C17H16N4O3S2/c1-9-4-5-12(6-10(9)2)13-8-25-17(18-13)19-14(22)7-24-16(23)15-11(3)20-21-26-15/h4-6,8H,7H2,1-3H3,(H,18,19,22). The highest BCUT2D eigenvalue weighted by molar-refractivity contribution is 7.14. The minimum absolute atomic E-state index is 0.295. The molecule has 0 unspecified atom stereocenters. The number of nitrogens with zero attached hydrogens (tertiary/aromatic N) is 3. The number of carbonyl (C=O) groups excluding carboxylic acids is 2. The minimum Gasteiger partial charge on any atom is -0.451 e. The maximum atomic E-state index is 12.0. The Morgan fingerprint density at radius 2 is 2.00 bits per heavy atom. The first-order valence-corrected chi connectivity index (χ1v) is 9.38. The van der Waals surface area contributed by atoms with Crippen molar-refractivity contribution in [3.8, 4) is 11.3 Å². The van der Waals surface area contributed by atoms with E-state index in [9.17, 15) is 9.59 Å². The van der Waals surface area contributed by atoms with Crippen LogP contribution in [0, 0.1) is 20.8 Å². The lowest BCUT2D eigenvalue weighted by molar-refractivity contribution is -0.119. The zero-order valence-corrected chi connectivity index (χ0v) is 16.0. The average Bonchev–Trinajstić information content (AvgIpc) is 3.24. The molecule has 1 N–H and O–H groups in total. The monoisotopic (exact) mass is 388 g/mol. The summed E-state index contributed by atoms with van der Waals surface area (Å²) in [5.74, 6) is -1.06. The molecule has 3 aromatic rings. The first kappa shape index (κ1) is 18.2. The van der Waals surface area contributed by atoms with Gasteiger partial charge in [0, 0.05) is 10.9 Å². The zero-order valence-electron chi connectivity index (χ0n) is 14.4. The Morgan fingerprint density at radius 1 is 1.19 bits per heavy atom. The first-order chi connectivity index (χ1) is 12.4. The molecule has 0 atom stereocenters. The third-order valence-electron chi connectivity index (χ3n) is 3.72. The molecule has 0 radical (unpaired) electrons. The van der Waals surface area contributed by atoms with Gasteiger partial charge in [0.25, 0.3) is 5.91 Å². The Balaban J connectivity index is 1.58. The molecule has 1 aromatic carbocycles. The lowest BCUT2D eigenvalue weighted by Crippen LogP contribution is -2.20. The molecule has 0 saturated carbocycles. The molecule has 2 heterocycles. The third kappa shape index (κ3) is 4.12. The highest BCUT2D eigenvalue weighted by Gasteiger charge is 2.17. The van der Waals surface area contributed by atoms with Crippen LogP contribution in [0.25, 0.3) is 11.3 Å². The molecule has 0 aliphatic carbocycles. The second-order valence-corrected chi connectivity index (χ2v) is 7.26. The second kappa shape index (κ2) is 7.71. The third-order valence-corrected chi connectivity index (χ3v) is 5.29. The van der Waals surface area contributed by atoms with Crippen LogP contribution in [0.4, 0.5) is 5.13 Å². The van der Waals surface area contributed by atoms with Gasteiger partial charge in [0.05, 0.1) is 11.4 Å². The van der Waals surface area contributed by atoms with Crippen LogP contribution < -0.4 is 5.32 Å². The van der Waals surface area contributed by atoms with Crippen molar-refractivity contribution >= 4 is 39.9 Å². The molecule has 9 heteroatoms. The van der Waals surface area contributed by atoms with Gasteiger partial charge in [-0.1, -0.05) is 16.6 Å². The van der Waals surface area contributed by atoms with Crippen LogP contribution in [0.1, 0.15) is 26.5 Å². The number of hydrogen-bond donors (Lipinski definition) is 1. The van der Waals surface area contributed by atoms with Crippen LogP contribution in [0.3, 0.4) is 0 Å². The number of esters is 1. The summed E-state index contributed by atoms with van der Waals surface area (Å²) in [5, 5.41) is 8.70. The lowest BCUT2D eigenvalue weighted by atomic mass is 10.1. The van der Waals surface area contributed by atoms with Gasteiger partial charge in [0.15, 0.2) is 16.6 Å². The summed E-state index contributed by atoms with van der Waals surface area (Å²) in [7, 11) is 0. The van der Waals surface area contributed by atoms with Crippen molar-refractivity contribution in [3.63, 3.8) is 0 Å². The van der Waals surface area contributed by atoms with Crippen LogP contribution in [0.2, 0.25) is 0 Å². The Hall–Kier alpha value is -2.65. The molecular formula is C17H16N4O3S2. The molecular weight excluding hydrogens is 372 g/mol. The molecule has 0 bridgehead atoms. The minimum atomic E-state index is -0.609. The summed E-state index contributed by atoms with van der Waals surface area (Å²) in [5.41, 5.74) is 4.66. The molecule has 26 heavy (non-hydrogen) atoms. The predicted molar refractivity (Wildman–Crippen MR) is 101 cm³/mol. The molecule has 0 aliphatic heterocycles. The zero-order chi connectivity index (χ0) is 18.7. The molecule has 134 valence electrons. The highest BCUT2D eigenvalue weighted by Crippen LogP contribution is 2.26. The largest absolute Gasteiger partial charge is 0.451 e. The summed E-state index contributed by atoms with van der Waals surface area (Å²) >= 11 is 2.25. The maximum Gasteiger partial charge on any atom is 0.352 e. The van der Waals surface area contributed by atoms with Gasteiger partial charge < -0.3 is 4.74 Å². The van der Waals surface area contributed by atoms with E-state index in [1.54, 1.807) is 6.92 Å². The van der Waals surface area contributed by atoms with Gasteiger partial charge in [-0.2, -0.15) is 0 Å². The Labute approximate surface area is 158 Å². The molecule has 7 nitrogen and oxygen atoms in total. The second-order valence-electron chi connectivity index (χ2n) is 5.65. The number of anilines is 1. The van der Waals surface area contributed by atoms with Crippen molar-refractivity contribution in [1.29, 1.82) is 0 Å². The number of rotatable bonds is 5. The summed E-state index contributed by atoms with van der Waals surface area (Å²) in [6.07, 6.45) is 0. The lowest BCUT2D eigenvalue weighted by Gasteiger charge is -2.04. The highest BCUT2D eigenvalue weighted by atomic mass is 32.1. The number of aromatic nitrogens is 3. The fourth-order valence-electron chi connectivity index (χ4n) is 2.14.